The fraction of sp³-hybridized carbons (Fsp3) is 0.375. The summed E-state index contributed by atoms with van der Waals surface area (Å²) in [4.78, 5) is 22.2. The van der Waals surface area contributed by atoms with E-state index in [0.29, 0.717) is 19.6 Å². The third-order valence-electron chi connectivity index (χ3n) is 2.84. The first-order valence-corrected chi connectivity index (χ1v) is 6.77. The number of carbonyl (C=O) groups excluding carboxylic acids is 1. The molecule has 2 N–H and O–H groups in total. The zero-order chi connectivity index (χ0) is 15.7. The quantitative estimate of drug-likeness (QED) is 0.719. The van der Waals surface area contributed by atoms with Crippen molar-refractivity contribution >= 4 is 18.0 Å². The van der Waals surface area contributed by atoms with Gasteiger partial charge in [0.05, 0.1) is 0 Å². The number of carboxylic acids is 1. The van der Waals surface area contributed by atoms with Gasteiger partial charge in [-0.15, -0.1) is 0 Å². The van der Waals surface area contributed by atoms with Crippen LogP contribution in [0.25, 0.3) is 6.08 Å². The summed E-state index contributed by atoms with van der Waals surface area (Å²) in [6, 6.07) is 7.37. The molecule has 0 radical (unpaired) electrons. The summed E-state index contributed by atoms with van der Waals surface area (Å²) in [6.07, 6.45) is 3.03. The predicted molar refractivity (Wildman–Crippen MR) is 80.6 cm³/mol. The Bertz CT molecular complexity index is 511. The molecule has 1 amide bonds. The van der Waals surface area contributed by atoms with Gasteiger partial charge in [-0.25, -0.2) is 4.79 Å². The van der Waals surface area contributed by atoms with Crippen molar-refractivity contribution in [2.45, 2.75) is 19.9 Å². The van der Waals surface area contributed by atoms with E-state index >= 15 is 0 Å². The number of hydrogen-bond acceptors (Lipinski definition) is 3. The maximum Gasteiger partial charge on any atom is 0.328 e. The van der Waals surface area contributed by atoms with Crippen molar-refractivity contribution in [3.05, 3.63) is 41.5 Å². The summed E-state index contributed by atoms with van der Waals surface area (Å²) in [7, 11) is 1.62. The lowest BCUT2D eigenvalue weighted by molar-refractivity contribution is -0.131. The minimum atomic E-state index is -0.985. The number of rotatable bonds is 8. The first kappa shape index (κ1) is 16.9. The van der Waals surface area contributed by atoms with E-state index in [1.54, 1.807) is 7.11 Å². The molecule has 1 aromatic carbocycles. The Morgan fingerprint density at radius 1 is 1.43 bits per heavy atom. The zero-order valence-corrected chi connectivity index (χ0v) is 12.3. The molecule has 0 aromatic heterocycles. The van der Waals surface area contributed by atoms with Crippen LogP contribution < -0.4 is 5.32 Å². The fourth-order valence-corrected chi connectivity index (χ4v) is 1.91. The highest BCUT2D eigenvalue weighted by molar-refractivity contribution is 5.85. The minimum Gasteiger partial charge on any atom is -0.478 e. The van der Waals surface area contributed by atoms with Gasteiger partial charge in [-0.3, -0.25) is 4.79 Å². The van der Waals surface area contributed by atoms with Crippen LogP contribution in [0.5, 0.6) is 0 Å². The maximum atomic E-state index is 11.7. The van der Waals surface area contributed by atoms with E-state index in [0.717, 1.165) is 17.2 Å². The topological polar surface area (TPSA) is 75.6 Å². The van der Waals surface area contributed by atoms with E-state index in [-0.39, 0.29) is 11.8 Å². The second-order valence-corrected chi connectivity index (χ2v) is 4.96. The third-order valence-corrected chi connectivity index (χ3v) is 2.84. The number of ether oxygens (including phenoxy) is 1. The zero-order valence-electron chi connectivity index (χ0n) is 12.3. The van der Waals surface area contributed by atoms with Gasteiger partial charge in [-0.05, 0) is 29.2 Å². The van der Waals surface area contributed by atoms with Gasteiger partial charge in [0.2, 0.25) is 5.91 Å². The second-order valence-electron chi connectivity index (χ2n) is 4.96. The average molecular weight is 291 g/mol. The van der Waals surface area contributed by atoms with Crippen LogP contribution in [0.15, 0.2) is 30.3 Å². The van der Waals surface area contributed by atoms with Gasteiger partial charge in [-0.1, -0.05) is 25.1 Å². The summed E-state index contributed by atoms with van der Waals surface area (Å²) >= 11 is 0. The van der Waals surface area contributed by atoms with Gasteiger partial charge >= 0.3 is 5.97 Å². The number of benzene rings is 1. The Labute approximate surface area is 124 Å². The van der Waals surface area contributed by atoms with E-state index in [1.165, 1.54) is 6.08 Å². The number of carboxylic acid groups (broad SMARTS) is 1. The largest absolute Gasteiger partial charge is 0.478 e. The smallest absolute Gasteiger partial charge is 0.328 e. The Hall–Kier alpha value is -2.14. The summed E-state index contributed by atoms with van der Waals surface area (Å²) in [6.45, 7) is 2.94. The summed E-state index contributed by atoms with van der Waals surface area (Å²) < 4.78 is 4.99. The highest BCUT2D eigenvalue weighted by Crippen LogP contribution is 2.08. The van der Waals surface area contributed by atoms with Crippen molar-refractivity contribution in [2.75, 3.05) is 13.7 Å². The molecule has 5 nitrogen and oxygen atoms in total. The number of carbonyl (C=O) groups is 2. The Balaban J connectivity index is 2.50. The lowest BCUT2D eigenvalue weighted by atomic mass is 10.1. The standard InChI is InChI=1S/C16H21NO4/c1-12(11-21-2)8-15(18)17-10-14-5-3-4-13(9-14)6-7-16(19)20/h3-7,9,12H,8,10-11H2,1-2H3,(H,17,18)(H,19,20)/b7-6+. The maximum absolute atomic E-state index is 11.7. The number of amides is 1. The SMILES string of the molecule is COCC(C)CC(=O)NCc1cccc(/C=C/C(=O)O)c1. The van der Waals surface area contributed by atoms with Crippen LogP contribution in [-0.4, -0.2) is 30.7 Å². The highest BCUT2D eigenvalue weighted by atomic mass is 16.5. The fourth-order valence-electron chi connectivity index (χ4n) is 1.91. The van der Waals surface area contributed by atoms with Gasteiger partial charge in [0.25, 0.3) is 0 Å². The van der Waals surface area contributed by atoms with Gasteiger partial charge in [0.15, 0.2) is 0 Å². The van der Waals surface area contributed by atoms with Crippen molar-refractivity contribution in [1.82, 2.24) is 5.32 Å². The predicted octanol–water partition coefficient (Wildman–Crippen LogP) is 2.07. The lowest BCUT2D eigenvalue weighted by Crippen LogP contribution is -2.25. The first-order chi connectivity index (χ1) is 10.0. The van der Waals surface area contributed by atoms with E-state index in [4.69, 9.17) is 9.84 Å². The summed E-state index contributed by atoms with van der Waals surface area (Å²) in [5, 5.41) is 11.4. The molecule has 1 unspecified atom stereocenters. The monoisotopic (exact) mass is 291 g/mol. The van der Waals surface area contributed by atoms with Crippen molar-refractivity contribution in [3.8, 4) is 0 Å². The first-order valence-electron chi connectivity index (χ1n) is 6.77. The van der Waals surface area contributed by atoms with Crippen molar-refractivity contribution in [3.63, 3.8) is 0 Å². The van der Waals surface area contributed by atoms with Crippen LogP contribution in [0.3, 0.4) is 0 Å². The van der Waals surface area contributed by atoms with Crippen molar-refractivity contribution in [1.29, 1.82) is 0 Å². The Kier molecular flexibility index (Phi) is 7.18. The Morgan fingerprint density at radius 3 is 2.86 bits per heavy atom. The van der Waals surface area contributed by atoms with Crippen LogP contribution >= 0.6 is 0 Å². The number of aliphatic carboxylic acids is 1. The number of nitrogens with one attached hydrogen (secondary N) is 1. The highest BCUT2D eigenvalue weighted by Gasteiger charge is 2.08. The summed E-state index contributed by atoms with van der Waals surface area (Å²) in [5.74, 6) is -0.827. The number of methoxy groups -OCH3 is 1. The molecule has 1 atom stereocenters. The molecule has 0 saturated carbocycles. The van der Waals surface area contributed by atoms with Gasteiger partial charge < -0.3 is 15.2 Å². The molecule has 5 heteroatoms. The van der Waals surface area contributed by atoms with Crippen LogP contribution in [0.1, 0.15) is 24.5 Å². The van der Waals surface area contributed by atoms with Gasteiger partial charge in [0.1, 0.15) is 0 Å². The van der Waals surface area contributed by atoms with Gasteiger partial charge in [0, 0.05) is 32.8 Å². The van der Waals surface area contributed by atoms with Crippen molar-refractivity contribution in [2.24, 2.45) is 5.92 Å². The summed E-state index contributed by atoms with van der Waals surface area (Å²) in [5.41, 5.74) is 1.71. The molecule has 0 aliphatic rings. The molecule has 0 aliphatic heterocycles. The Morgan fingerprint density at radius 2 is 2.19 bits per heavy atom. The molecule has 114 valence electrons. The molecule has 1 aromatic rings. The second kappa shape index (κ2) is 8.92. The van der Waals surface area contributed by atoms with Crippen molar-refractivity contribution < 1.29 is 19.4 Å². The molecule has 0 heterocycles. The van der Waals surface area contributed by atoms with E-state index in [2.05, 4.69) is 5.32 Å². The molecular weight excluding hydrogens is 270 g/mol. The van der Waals surface area contributed by atoms with E-state index in [9.17, 15) is 9.59 Å². The van der Waals surface area contributed by atoms with E-state index < -0.39 is 5.97 Å². The molecular formula is C16H21NO4. The average Bonchev–Trinajstić information content (AvgIpc) is 2.43. The lowest BCUT2D eigenvalue weighted by Gasteiger charge is -2.10. The van der Waals surface area contributed by atoms with Gasteiger partial charge in [-0.2, -0.15) is 0 Å². The van der Waals surface area contributed by atoms with Crippen LogP contribution in [-0.2, 0) is 20.9 Å². The third kappa shape index (κ3) is 7.27. The van der Waals surface area contributed by atoms with Crippen LogP contribution in [0.4, 0.5) is 0 Å². The van der Waals surface area contributed by atoms with Crippen LogP contribution in [0.2, 0.25) is 0 Å². The minimum absolute atomic E-state index is 0.0222. The molecule has 0 bridgehead atoms. The molecule has 1 rings (SSSR count). The molecule has 0 spiro atoms. The number of hydrogen-bond donors (Lipinski definition) is 2. The molecule has 0 fully saturated rings. The molecule has 0 saturated heterocycles. The molecule has 0 aliphatic carbocycles. The van der Waals surface area contributed by atoms with E-state index in [1.807, 2.05) is 31.2 Å². The molecule has 21 heavy (non-hydrogen) atoms. The normalized spacial score (nSPS) is 12.3. The van der Waals surface area contributed by atoms with Crippen LogP contribution in [0, 0.1) is 5.92 Å².